The Hall–Kier alpha value is -0.400. The average Bonchev–Trinajstić information content (AvgIpc) is 2.32. The highest BCUT2D eigenvalue weighted by atomic mass is 35.5. The Labute approximate surface area is 126 Å². The molecule has 0 heterocycles. The van der Waals surface area contributed by atoms with E-state index < -0.39 is 0 Å². The Morgan fingerprint density at radius 3 is 2.06 bits per heavy atom. The third-order valence-electron chi connectivity index (χ3n) is 2.63. The molecule has 1 atom stereocenters. The Morgan fingerprint density at radius 1 is 0.833 bits per heavy atom. The lowest BCUT2D eigenvalue weighted by Gasteiger charge is -2.12. The Kier molecular flexibility index (Phi) is 4.80. The molecule has 18 heavy (non-hydrogen) atoms. The van der Waals surface area contributed by atoms with Crippen LogP contribution in [0.1, 0.15) is 16.5 Å². The van der Waals surface area contributed by atoms with Crippen LogP contribution in [-0.4, -0.2) is 0 Å². The Bertz CT molecular complexity index is 534. The summed E-state index contributed by atoms with van der Waals surface area (Å²) in [6.45, 7) is 0. The molecule has 0 aliphatic rings. The van der Waals surface area contributed by atoms with E-state index in [-0.39, 0.29) is 5.38 Å². The lowest BCUT2D eigenvalue weighted by atomic mass is 10.0. The zero-order valence-corrected chi connectivity index (χ0v) is 12.4. The molecule has 2 aromatic rings. The third kappa shape index (κ3) is 3.55. The molecular formula is C14H10Cl4. The summed E-state index contributed by atoms with van der Waals surface area (Å²) < 4.78 is 0. The van der Waals surface area contributed by atoms with Gasteiger partial charge in [-0.3, -0.25) is 0 Å². The fraction of sp³-hybridized carbons (Fsp3) is 0.143. The van der Waals surface area contributed by atoms with Gasteiger partial charge >= 0.3 is 0 Å². The van der Waals surface area contributed by atoms with E-state index in [2.05, 4.69) is 0 Å². The highest BCUT2D eigenvalue weighted by Crippen LogP contribution is 2.32. The fourth-order valence-electron chi connectivity index (χ4n) is 1.69. The van der Waals surface area contributed by atoms with Crippen LogP contribution in [0.15, 0.2) is 42.5 Å². The van der Waals surface area contributed by atoms with Crippen molar-refractivity contribution in [3.8, 4) is 0 Å². The van der Waals surface area contributed by atoms with Gasteiger partial charge in [0.25, 0.3) is 0 Å². The maximum atomic E-state index is 6.38. The van der Waals surface area contributed by atoms with Crippen molar-refractivity contribution in [3.63, 3.8) is 0 Å². The first-order valence-corrected chi connectivity index (χ1v) is 6.97. The average molecular weight is 320 g/mol. The first-order valence-electron chi connectivity index (χ1n) is 5.40. The zero-order chi connectivity index (χ0) is 13.1. The number of alkyl halides is 1. The predicted octanol–water partition coefficient (Wildman–Crippen LogP) is 6.17. The van der Waals surface area contributed by atoms with Gasteiger partial charge in [0.15, 0.2) is 0 Å². The molecule has 0 spiro atoms. The van der Waals surface area contributed by atoms with E-state index in [9.17, 15) is 0 Å². The van der Waals surface area contributed by atoms with Gasteiger partial charge in [-0.1, -0.05) is 53.0 Å². The topological polar surface area (TPSA) is 0 Å². The molecular weight excluding hydrogens is 310 g/mol. The summed E-state index contributed by atoms with van der Waals surface area (Å²) in [6.07, 6.45) is 0.695. The van der Waals surface area contributed by atoms with E-state index in [1.807, 2.05) is 30.3 Å². The molecule has 0 saturated heterocycles. The molecule has 0 aromatic heterocycles. The van der Waals surface area contributed by atoms with Crippen molar-refractivity contribution in [1.82, 2.24) is 0 Å². The molecule has 2 aromatic carbocycles. The van der Waals surface area contributed by atoms with Crippen molar-refractivity contribution in [3.05, 3.63) is 68.7 Å². The summed E-state index contributed by atoms with van der Waals surface area (Å²) in [7, 11) is 0. The van der Waals surface area contributed by atoms with Crippen LogP contribution in [0.3, 0.4) is 0 Å². The van der Waals surface area contributed by atoms with E-state index in [4.69, 9.17) is 46.4 Å². The van der Waals surface area contributed by atoms with Gasteiger partial charge in [0, 0.05) is 15.1 Å². The standard InChI is InChI=1S/C14H10Cl4/c15-10-3-1-9(2-4-10)7-13(17)12-6-5-11(16)8-14(12)18/h1-6,8,13H,7H2. The molecule has 0 amide bonds. The first-order chi connectivity index (χ1) is 8.56. The monoisotopic (exact) mass is 318 g/mol. The van der Waals surface area contributed by atoms with E-state index in [0.29, 0.717) is 16.5 Å². The first kappa shape index (κ1) is 14.0. The van der Waals surface area contributed by atoms with E-state index in [1.54, 1.807) is 12.1 Å². The van der Waals surface area contributed by atoms with Gasteiger partial charge in [0.1, 0.15) is 0 Å². The minimum atomic E-state index is -0.184. The van der Waals surface area contributed by atoms with Crippen LogP contribution < -0.4 is 0 Å². The highest BCUT2D eigenvalue weighted by Gasteiger charge is 2.12. The van der Waals surface area contributed by atoms with Crippen LogP contribution in [-0.2, 0) is 6.42 Å². The molecule has 0 N–H and O–H groups in total. The maximum absolute atomic E-state index is 6.38. The van der Waals surface area contributed by atoms with Crippen molar-refractivity contribution in [2.75, 3.05) is 0 Å². The second kappa shape index (κ2) is 6.16. The number of hydrogen-bond donors (Lipinski definition) is 0. The SMILES string of the molecule is Clc1ccc(CC(Cl)c2ccc(Cl)cc2Cl)cc1. The van der Waals surface area contributed by atoms with Gasteiger partial charge in [-0.25, -0.2) is 0 Å². The summed E-state index contributed by atoms with van der Waals surface area (Å²) in [6, 6.07) is 13.0. The summed E-state index contributed by atoms with van der Waals surface area (Å²) in [5.74, 6) is 0. The van der Waals surface area contributed by atoms with Crippen molar-refractivity contribution < 1.29 is 0 Å². The fourth-order valence-corrected chi connectivity index (χ4v) is 2.78. The van der Waals surface area contributed by atoms with Crippen molar-refractivity contribution >= 4 is 46.4 Å². The van der Waals surface area contributed by atoms with Crippen LogP contribution in [0.2, 0.25) is 15.1 Å². The lowest BCUT2D eigenvalue weighted by molar-refractivity contribution is 0.920. The molecule has 94 valence electrons. The second-order valence-corrected chi connectivity index (χ2v) is 5.77. The minimum absolute atomic E-state index is 0.184. The van der Waals surface area contributed by atoms with Gasteiger partial charge in [0.05, 0.1) is 5.38 Å². The van der Waals surface area contributed by atoms with E-state index >= 15 is 0 Å². The van der Waals surface area contributed by atoms with Gasteiger partial charge in [-0.15, -0.1) is 11.6 Å². The van der Waals surface area contributed by atoms with Crippen molar-refractivity contribution in [1.29, 1.82) is 0 Å². The van der Waals surface area contributed by atoms with Crippen LogP contribution in [0.25, 0.3) is 0 Å². The maximum Gasteiger partial charge on any atom is 0.0640 e. The Morgan fingerprint density at radius 2 is 1.44 bits per heavy atom. The molecule has 0 fully saturated rings. The summed E-state index contributed by atoms with van der Waals surface area (Å²) >= 11 is 24.2. The molecule has 0 aliphatic heterocycles. The smallest absolute Gasteiger partial charge is 0.0640 e. The number of hydrogen-bond acceptors (Lipinski definition) is 0. The molecule has 0 saturated carbocycles. The minimum Gasteiger partial charge on any atom is -0.117 e. The van der Waals surface area contributed by atoms with Crippen LogP contribution in [0.4, 0.5) is 0 Å². The van der Waals surface area contributed by atoms with Crippen LogP contribution in [0.5, 0.6) is 0 Å². The molecule has 0 bridgehead atoms. The van der Waals surface area contributed by atoms with E-state index in [1.165, 1.54) is 0 Å². The summed E-state index contributed by atoms with van der Waals surface area (Å²) in [4.78, 5) is 0. The van der Waals surface area contributed by atoms with Gasteiger partial charge in [-0.2, -0.15) is 0 Å². The van der Waals surface area contributed by atoms with Gasteiger partial charge < -0.3 is 0 Å². The number of rotatable bonds is 3. The van der Waals surface area contributed by atoms with E-state index in [0.717, 1.165) is 16.1 Å². The highest BCUT2D eigenvalue weighted by molar-refractivity contribution is 6.35. The van der Waals surface area contributed by atoms with Crippen molar-refractivity contribution in [2.45, 2.75) is 11.8 Å². The van der Waals surface area contributed by atoms with Crippen molar-refractivity contribution in [2.24, 2.45) is 0 Å². The molecule has 4 heteroatoms. The summed E-state index contributed by atoms with van der Waals surface area (Å²) in [5, 5.41) is 1.74. The molecule has 0 aliphatic carbocycles. The molecule has 2 rings (SSSR count). The summed E-state index contributed by atoms with van der Waals surface area (Å²) in [5.41, 5.74) is 2.00. The predicted molar refractivity (Wildman–Crippen MR) is 80.2 cm³/mol. The largest absolute Gasteiger partial charge is 0.117 e. The lowest BCUT2D eigenvalue weighted by Crippen LogP contribution is -1.96. The number of benzene rings is 2. The zero-order valence-electron chi connectivity index (χ0n) is 9.34. The molecule has 1 unspecified atom stereocenters. The molecule has 0 radical (unpaired) electrons. The number of halogens is 4. The van der Waals surface area contributed by atoms with Gasteiger partial charge in [-0.05, 0) is 41.8 Å². The second-order valence-electron chi connectivity index (χ2n) is 3.96. The quantitative estimate of drug-likeness (QED) is 0.593. The van der Waals surface area contributed by atoms with Crippen LogP contribution in [0, 0.1) is 0 Å². The third-order valence-corrected chi connectivity index (χ3v) is 3.83. The normalized spacial score (nSPS) is 12.4. The van der Waals surface area contributed by atoms with Crippen LogP contribution >= 0.6 is 46.4 Å². The Balaban J connectivity index is 2.16. The van der Waals surface area contributed by atoms with Gasteiger partial charge in [0.2, 0.25) is 0 Å². The molecule has 0 nitrogen and oxygen atoms in total.